The van der Waals surface area contributed by atoms with Gasteiger partial charge >= 0.3 is 5.97 Å². The first-order valence-corrected chi connectivity index (χ1v) is 4.52. The number of aromatic nitrogens is 3. The zero-order valence-electron chi connectivity index (χ0n) is 8.12. The van der Waals surface area contributed by atoms with Gasteiger partial charge in [-0.3, -0.25) is 0 Å². The van der Waals surface area contributed by atoms with Crippen LogP contribution in [0.15, 0.2) is 0 Å². The van der Waals surface area contributed by atoms with Crippen LogP contribution in [-0.4, -0.2) is 50.5 Å². The molecule has 15 heavy (non-hydrogen) atoms. The molecule has 82 valence electrons. The summed E-state index contributed by atoms with van der Waals surface area (Å²) in [6, 6.07) is -0.342. The number of carbonyl (C=O) groups is 1. The normalized spacial score (nSPS) is 25.7. The molecule has 2 unspecified atom stereocenters. The molecule has 1 aromatic rings. The van der Waals surface area contributed by atoms with Crippen LogP contribution >= 0.6 is 0 Å². The number of hydrogen-bond donors (Lipinski definition) is 2. The van der Waals surface area contributed by atoms with Crippen molar-refractivity contribution in [2.75, 3.05) is 13.2 Å². The highest BCUT2D eigenvalue weighted by atomic mass is 16.5. The molecule has 2 heterocycles. The number of carboxylic acids is 1. The second-order valence-corrected chi connectivity index (χ2v) is 3.45. The second kappa shape index (κ2) is 3.59. The Morgan fingerprint density at radius 3 is 2.80 bits per heavy atom. The summed E-state index contributed by atoms with van der Waals surface area (Å²) in [7, 11) is 0. The number of hydrogen-bond acceptors (Lipinski definition) is 5. The Balaban J connectivity index is 2.33. The van der Waals surface area contributed by atoms with E-state index in [4.69, 9.17) is 9.84 Å². The van der Waals surface area contributed by atoms with Crippen molar-refractivity contribution < 1.29 is 19.7 Å². The summed E-state index contributed by atoms with van der Waals surface area (Å²) in [6.07, 6.45) is -0.660. The molecular weight excluding hydrogens is 202 g/mol. The van der Waals surface area contributed by atoms with Crippen LogP contribution in [0.25, 0.3) is 0 Å². The standard InChI is InChI=1S/C8H11N3O4/c1-4-7(8(13)14)9-10-11(4)5-2-15-3-6(5)12/h5-6,12H,2-3H2,1H3,(H,13,14). The van der Waals surface area contributed by atoms with Gasteiger partial charge in [-0.1, -0.05) is 5.21 Å². The van der Waals surface area contributed by atoms with Crippen molar-refractivity contribution in [3.63, 3.8) is 0 Å². The zero-order chi connectivity index (χ0) is 11.0. The first-order valence-electron chi connectivity index (χ1n) is 4.52. The van der Waals surface area contributed by atoms with E-state index in [-0.39, 0.29) is 18.3 Å². The van der Waals surface area contributed by atoms with Crippen molar-refractivity contribution in [1.29, 1.82) is 0 Å². The monoisotopic (exact) mass is 213 g/mol. The fourth-order valence-corrected chi connectivity index (χ4v) is 1.62. The molecule has 1 aliphatic rings. The second-order valence-electron chi connectivity index (χ2n) is 3.45. The van der Waals surface area contributed by atoms with Gasteiger partial charge in [-0.25, -0.2) is 9.48 Å². The summed E-state index contributed by atoms with van der Waals surface area (Å²) >= 11 is 0. The average molecular weight is 213 g/mol. The highest BCUT2D eigenvalue weighted by Gasteiger charge is 2.31. The molecule has 1 aliphatic heterocycles. The van der Waals surface area contributed by atoms with Crippen LogP contribution < -0.4 is 0 Å². The van der Waals surface area contributed by atoms with Gasteiger partial charge in [-0.05, 0) is 6.92 Å². The minimum Gasteiger partial charge on any atom is -0.476 e. The Kier molecular flexibility index (Phi) is 2.41. The quantitative estimate of drug-likeness (QED) is 0.668. The van der Waals surface area contributed by atoms with Gasteiger partial charge in [-0.2, -0.15) is 0 Å². The molecule has 1 fully saturated rings. The summed E-state index contributed by atoms with van der Waals surface area (Å²) in [5, 5.41) is 25.6. The number of carboxylic acid groups (broad SMARTS) is 1. The van der Waals surface area contributed by atoms with Crippen LogP contribution in [0.1, 0.15) is 22.2 Å². The fourth-order valence-electron chi connectivity index (χ4n) is 1.62. The average Bonchev–Trinajstić information content (AvgIpc) is 2.71. The number of ether oxygens (including phenoxy) is 1. The Bertz CT molecular complexity index is 389. The van der Waals surface area contributed by atoms with E-state index in [1.807, 2.05) is 0 Å². The van der Waals surface area contributed by atoms with E-state index in [1.54, 1.807) is 6.92 Å². The van der Waals surface area contributed by atoms with E-state index >= 15 is 0 Å². The van der Waals surface area contributed by atoms with Gasteiger partial charge < -0.3 is 14.9 Å². The Hall–Kier alpha value is -1.47. The molecule has 2 atom stereocenters. The summed E-state index contributed by atoms with van der Waals surface area (Å²) in [5.74, 6) is -1.12. The van der Waals surface area contributed by atoms with E-state index in [9.17, 15) is 9.90 Å². The molecule has 0 bridgehead atoms. The minimum absolute atomic E-state index is 0.0888. The summed E-state index contributed by atoms with van der Waals surface area (Å²) in [6.45, 7) is 2.17. The third-order valence-electron chi connectivity index (χ3n) is 2.47. The van der Waals surface area contributed by atoms with Gasteiger partial charge in [0.2, 0.25) is 0 Å². The molecule has 0 amide bonds. The van der Waals surface area contributed by atoms with Crippen molar-refractivity contribution in [1.82, 2.24) is 15.0 Å². The van der Waals surface area contributed by atoms with Crippen molar-refractivity contribution in [2.45, 2.75) is 19.1 Å². The number of aliphatic hydroxyl groups excluding tert-OH is 1. The molecule has 1 saturated heterocycles. The molecule has 7 heteroatoms. The molecular formula is C8H11N3O4. The van der Waals surface area contributed by atoms with Gasteiger partial charge in [0.1, 0.15) is 12.1 Å². The molecule has 2 N–H and O–H groups in total. The molecule has 0 aromatic carbocycles. The smallest absolute Gasteiger partial charge is 0.358 e. The lowest BCUT2D eigenvalue weighted by Crippen LogP contribution is -2.24. The molecule has 0 spiro atoms. The highest BCUT2D eigenvalue weighted by Crippen LogP contribution is 2.20. The van der Waals surface area contributed by atoms with Crippen LogP contribution in [0.4, 0.5) is 0 Å². The van der Waals surface area contributed by atoms with Gasteiger partial charge in [-0.15, -0.1) is 5.10 Å². The maximum Gasteiger partial charge on any atom is 0.358 e. The number of aliphatic hydroxyl groups is 1. The molecule has 0 radical (unpaired) electrons. The third kappa shape index (κ3) is 1.59. The lowest BCUT2D eigenvalue weighted by molar-refractivity contribution is 0.0689. The van der Waals surface area contributed by atoms with Gasteiger partial charge in [0.15, 0.2) is 5.69 Å². The summed E-state index contributed by atoms with van der Waals surface area (Å²) in [4.78, 5) is 10.7. The maximum atomic E-state index is 10.7. The van der Waals surface area contributed by atoms with Crippen molar-refractivity contribution >= 4 is 5.97 Å². The molecule has 1 aromatic heterocycles. The van der Waals surface area contributed by atoms with Crippen LogP contribution in [0.2, 0.25) is 0 Å². The fraction of sp³-hybridized carbons (Fsp3) is 0.625. The Morgan fingerprint density at radius 1 is 1.60 bits per heavy atom. The lowest BCUT2D eigenvalue weighted by Gasteiger charge is -2.13. The van der Waals surface area contributed by atoms with E-state index in [1.165, 1.54) is 4.68 Å². The number of rotatable bonds is 2. The van der Waals surface area contributed by atoms with Gasteiger partial charge in [0.25, 0.3) is 0 Å². The van der Waals surface area contributed by atoms with Crippen molar-refractivity contribution in [3.8, 4) is 0 Å². The number of aromatic carboxylic acids is 1. The highest BCUT2D eigenvalue weighted by molar-refractivity contribution is 5.86. The third-order valence-corrected chi connectivity index (χ3v) is 2.47. The predicted octanol–water partition coefficient (Wildman–Crippen LogP) is -0.783. The van der Waals surface area contributed by atoms with Crippen LogP contribution in [0.3, 0.4) is 0 Å². The lowest BCUT2D eigenvalue weighted by atomic mass is 10.2. The predicted molar refractivity (Wildman–Crippen MR) is 47.6 cm³/mol. The van der Waals surface area contributed by atoms with Gasteiger partial charge in [0.05, 0.1) is 18.9 Å². The van der Waals surface area contributed by atoms with E-state index in [0.29, 0.717) is 12.3 Å². The minimum atomic E-state index is -1.12. The van der Waals surface area contributed by atoms with E-state index in [2.05, 4.69) is 10.3 Å². The van der Waals surface area contributed by atoms with E-state index < -0.39 is 12.1 Å². The zero-order valence-corrected chi connectivity index (χ0v) is 8.12. The molecule has 2 rings (SSSR count). The van der Waals surface area contributed by atoms with Crippen molar-refractivity contribution in [3.05, 3.63) is 11.4 Å². The van der Waals surface area contributed by atoms with Gasteiger partial charge in [0, 0.05) is 0 Å². The van der Waals surface area contributed by atoms with E-state index in [0.717, 1.165) is 0 Å². The SMILES string of the molecule is Cc1c(C(=O)O)nnn1C1COCC1O. The molecule has 0 saturated carbocycles. The van der Waals surface area contributed by atoms with Crippen LogP contribution in [0, 0.1) is 6.92 Å². The molecule has 0 aliphatic carbocycles. The van der Waals surface area contributed by atoms with Crippen LogP contribution in [-0.2, 0) is 4.74 Å². The van der Waals surface area contributed by atoms with Crippen LogP contribution in [0.5, 0.6) is 0 Å². The topological polar surface area (TPSA) is 97.5 Å². The largest absolute Gasteiger partial charge is 0.476 e. The Morgan fingerprint density at radius 2 is 2.33 bits per heavy atom. The number of nitrogens with zero attached hydrogens (tertiary/aromatic N) is 3. The first-order chi connectivity index (χ1) is 7.11. The maximum absolute atomic E-state index is 10.7. The molecule has 7 nitrogen and oxygen atoms in total. The first kappa shape index (κ1) is 10.1. The summed E-state index contributed by atoms with van der Waals surface area (Å²) < 4.78 is 6.47. The Labute approximate surface area is 85.3 Å². The summed E-state index contributed by atoms with van der Waals surface area (Å²) in [5.41, 5.74) is 0.339. The van der Waals surface area contributed by atoms with Crippen molar-refractivity contribution in [2.24, 2.45) is 0 Å².